The average molecular weight is 333 g/mol. The van der Waals surface area contributed by atoms with Crippen LogP contribution in [-0.4, -0.2) is 19.6 Å². The van der Waals surface area contributed by atoms with Crippen molar-refractivity contribution in [3.8, 4) is 0 Å². The van der Waals surface area contributed by atoms with Gasteiger partial charge in [0.05, 0.1) is 15.3 Å². The minimum absolute atomic E-state index is 0.104. The molecule has 2 heterocycles. The zero-order valence-corrected chi connectivity index (χ0v) is 10.9. The number of hydrogen-bond donors (Lipinski definition) is 1. The molecule has 0 saturated carbocycles. The van der Waals surface area contributed by atoms with Crippen LogP contribution in [0.15, 0.2) is 17.9 Å². The highest BCUT2D eigenvalue weighted by Crippen LogP contribution is 2.19. The van der Waals surface area contributed by atoms with Crippen molar-refractivity contribution in [2.24, 2.45) is 0 Å². The number of aromatic nitrogens is 4. The molecule has 2 aromatic heterocycles. The van der Waals surface area contributed by atoms with Crippen LogP contribution in [0, 0.1) is 3.57 Å². The molecule has 7 heteroatoms. The second-order valence-electron chi connectivity index (χ2n) is 2.92. The summed E-state index contributed by atoms with van der Waals surface area (Å²) >= 11 is 3.54. The first kappa shape index (κ1) is 10.7. The molecule has 0 saturated heterocycles. The van der Waals surface area contributed by atoms with Crippen molar-refractivity contribution in [3.63, 3.8) is 0 Å². The Kier molecular flexibility index (Phi) is 3.41. The topological polar surface area (TPSA) is 63.6 Å². The number of anilines is 1. The Morgan fingerprint density at radius 2 is 2.40 bits per heavy atom. The van der Waals surface area contributed by atoms with Gasteiger partial charge in [-0.05, 0) is 41.0 Å². The Morgan fingerprint density at radius 3 is 3.07 bits per heavy atom. The van der Waals surface area contributed by atoms with Crippen LogP contribution in [-0.2, 0) is 0 Å². The van der Waals surface area contributed by atoms with Crippen molar-refractivity contribution in [2.75, 3.05) is 5.32 Å². The first-order valence-corrected chi connectivity index (χ1v) is 6.18. The predicted molar refractivity (Wildman–Crippen MR) is 66.7 cm³/mol. The molecule has 2 aromatic rings. The van der Waals surface area contributed by atoms with E-state index in [0.717, 1.165) is 15.1 Å². The summed E-state index contributed by atoms with van der Waals surface area (Å²) in [6.45, 7) is 2.02. The molecule has 0 spiro atoms. The molecule has 0 amide bonds. The molecule has 15 heavy (non-hydrogen) atoms. The molecule has 0 aromatic carbocycles. The van der Waals surface area contributed by atoms with E-state index in [1.807, 2.05) is 12.3 Å². The highest BCUT2D eigenvalue weighted by atomic mass is 127. The van der Waals surface area contributed by atoms with Crippen LogP contribution in [0.3, 0.4) is 0 Å². The Bertz CT molecular complexity index is 432. The van der Waals surface area contributed by atoms with Crippen LogP contribution in [0.1, 0.15) is 18.7 Å². The van der Waals surface area contributed by atoms with E-state index >= 15 is 0 Å². The minimum atomic E-state index is 0.104. The Balaban J connectivity index is 2.13. The Morgan fingerprint density at radius 1 is 1.53 bits per heavy atom. The van der Waals surface area contributed by atoms with Crippen LogP contribution >= 0.6 is 34.1 Å². The van der Waals surface area contributed by atoms with Crippen molar-refractivity contribution < 1.29 is 0 Å². The number of nitrogens with zero attached hydrogens (tertiary/aromatic N) is 4. The highest BCUT2D eigenvalue weighted by molar-refractivity contribution is 14.1. The molecule has 78 valence electrons. The number of rotatable bonds is 3. The zero-order valence-electron chi connectivity index (χ0n) is 7.88. The lowest BCUT2D eigenvalue weighted by Gasteiger charge is -2.12. The quantitative estimate of drug-likeness (QED) is 0.872. The third-order valence-corrected chi connectivity index (χ3v) is 3.15. The van der Waals surface area contributed by atoms with E-state index in [1.165, 1.54) is 17.9 Å². The van der Waals surface area contributed by atoms with Gasteiger partial charge in [0.2, 0.25) is 0 Å². The first-order chi connectivity index (χ1) is 7.27. The minimum Gasteiger partial charge on any atom is -0.361 e. The predicted octanol–water partition coefficient (Wildman–Crippen LogP) is 2.11. The fraction of sp³-hybridized carbons (Fsp3) is 0.250. The summed E-state index contributed by atoms with van der Waals surface area (Å²) in [7, 11) is 0. The normalized spacial score (nSPS) is 12.4. The lowest BCUT2D eigenvalue weighted by molar-refractivity contribution is 0.818. The summed E-state index contributed by atoms with van der Waals surface area (Å²) in [5, 5.41) is 9.18. The van der Waals surface area contributed by atoms with E-state index in [4.69, 9.17) is 0 Å². The number of hydrogen-bond acceptors (Lipinski definition) is 6. The Hall–Kier alpha value is -0.830. The second-order valence-corrected chi connectivity index (χ2v) is 4.69. The maximum atomic E-state index is 4.15. The van der Waals surface area contributed by atoms with Gasteiger partial charge in [-0.2, -0.15) is 0 Å². The molecule has 0 aliphatic heterocycles. The largest absolute Gasteiger partial charge is 0.361 e. The van der Waals surface area contributed by atoms with E-state index in [-0.39, 0.29) is 6.04 Å². The molecule has 0 fully saturated rings. The van der Waals surface area contributed by atoms with Crippen molar-refractivity contribution >= 4 is 39.9 Å². The van der Waals surface area contributed by atoms with Gasteiger partial charge < -0.3 is 5.32 Å². The third kappa shape index (κ3) is 2.59. The van der Waals surface area contributed by atoms with Gasteiger partial charge in [-0.3, -0.25) is 0 Å². The highest BCUT2D eigenvalue weighted by Gasteiger charge is 2.10. The van der Waals surface area contributed by atoms with Crippen molar-refractivity contribution in [1.82, 2.24) is 19.6 Å². The van der Waals surface area contributed by atoms with E-state index in [2.05, 4.69) is 47.5 Å². The van der Waals surface area contributed by atoms with Gasteiger partial charge in [0, 0.05) is 11.6 Å². The monoisotopic (exact) mass is 333 g/mol. The van der Waals surface area contributed by atoms with Gasteiger partial charge in [0.25, 0.3) is 0 Å². The van der Waals surface area contributed by atoms with Crippen LogP contribution in [0.5, 0.6) is 0 Å². The Labute approximate surface area is 105 Å². The van der Waals surface area contributed by atoms with E-state index in [0.29, 0.717) is 0 Å². The van der Waals surface area contributed by atoms with Crippen LogP contribution in [0.2, 0.25) is 0 Å². The molecule has 0 aliphatic carbocycles. The molecule has 0 radical (unpaired) electrons. The van der Waals surface area contributed by atoms with Crippen LogP contribution in [0.25, 0.3) is 0 Å². The van der Waals surface area contributed by atoms with Gasteiger partial charge in [-0.1, -0.05) is 4.49 Å². The summed E-state index contributed by atoms with van der Waals surface area (Å²) in [5.74, 6) is 0.825. The molecular formula is C8H8IN5S. The molecule has 1 N–H and O–H groups in total. The van der Waals surface area contributed by atoms with Crippen molar-refractivity contribution in [2.45, 2.75) is 13.0 Å². The van der Waals surface area contributed by atoms with E-state index < -0.39 is 0 Å². The molecule has 0 bridgehead atoms. The third-order valence-electron chi connectivity index (χ3n) is 1.84. The van der Waals surface area contributed by atoms with Crippen LogP contribution < -0.4 is 5.32 Å². The van der Waals surface area contributed by atoms with Gasteiger partial charge >= 0.3 is 0 Å². The molecule has 1 unspecified atom stereocenters. The lowest BCUT2D eigenvalue weighted by Crippen LogP contribution is -2.09. The summed E-state index contributed by atoms with van der Waals surface area (Å²) < 4.78 is 4.82. The summed E-state index contributed by atoms with van der Waals surface area (Å²) in [4.78, 5) is 8.08. The number of nitrogens with one attached hydrogen (secondary N) is 1. The summed E-state index contributed by atoms with van der Waals surface area (Å²) in [5.41, 5.74) is 0.925. The van der Waals surface area contributed by atoms with Gasteiger partial charge in [0.15, 0.2) is 0 Å². The maximum absolute atomic E-state index is 4.15. The van der Waals surface area contributed by atoms with E-state index in [1.54, 1.807) is 6.20 Å². The zero-order chi connectivity index (χ0) is 10.7. The van der Waals surface area contributed by atoms with Crippen molar-refractivity contribution in [3.05, 3.63) is 27.2 Å². The molecule has 2 rings (SSSR count). The van der Waals surface area contributed by atoms with Gasteiger partial charge in [-0.25, -0.2) is 9.97 Å². The fourth-order valence-corrected chi connectivity index (χ4v) is 2.06. The molecule has 1 atom stereocenters. The number of halogens is 1. The summed E-state index contributed by atoms with van der Waals surface area (Å²) in [6.07, 6.45) is 3.29. The summed E-state index contributed by atoms with van der Waals surface area (Å²) in [6, 6.07) is 0.104. The van der Waals surface area contributed by atoms with E-state index in [9.17, 15) is 0 Å². The van der Waals surface area contributed by atoms with Crippen LogP contribution in [0.4, 0.5) is 5.82 Å². The average Bonchev–Trinajstić information content (AvgIpc) is 2.74. The second kappa shape index (κ2) is 4.79. The lowest BCUT2D eigenvalue weighted by atomic mass is 10.2. The first-order valence-electron chi connectivity index (χ1n) is 4.26. The van der Waals surface area contributed by atoms with Gasteiger partial charge in [-0.15, -0.1) is 5.10 Å². The SMILES string of the molecule is CC(Nc1ncncc1I)c1csnn1. The van der Waals surface area contributed by atoms with Crippen molar-refractivity contribution in [1.29, 1.82) is 0 Å². The smallest absolute Gasteiger partial charge is 0.143 e. The molecule has 0 aliphatic rings. The maximum Gasteiger partial charge on any atom is 0.143 e. The standard InChI is InChI=1S/C8H8IN5S/c1-5(7-3-15-14-13-7)12-8-6(9)2-10-4-11-8/h2-5H,1H3,(H,10,11,12). The van der Waals surface area contributed by atoms with Gasteiger partial charge in [0.1, 0.15) is 12.1 Å². The molecule has 5 nitrogen and oxygen atoms in total. The molecular weight excluding hydrogens is 325 g/mol. The fourth-order valence-electron chi connectivity index (χ4n) is 1.06.